The van der Waals surface area contributed by atoms with Crippen molar-refractivity contribution in [3.63, 3.8) is 0 Å². The predicted octanol–water partition coefficient (Wildman–Crippen LogP) is 4.88. The molecule has 0 radical (unpaired) electrons. The van der Waals surface area contributed by atoms with Crippen LogP contribution in [0.5, 0.6) is 5.75 Å². The molecule has 4 rings (SSSR count). The van der Waals surface area contributed by atoms with Gasteiger partial charge in [-0.3, -0.25) is 9.59 Å². The SMILES string of the molecule is O=C(CCn1ccnc1)Nc1cccc(C(=O)Nc2cccc(OCc3cccc(F)c3)c2)c1. The Morgan fingerprint density at radius 2 is 1.74 bits per heavy atom. The second kappa shape index (κ2) is 10.9. The summed E-state index contributed by atoms with van der Waals surface area (Å²) < 4.78 is 20.9. The molecule has 2 N–H and O–H groups in total. The highest BCUT2D eigenvalue weighted by atomic mass is 19.1. The molecule has 0 unspecified atom stereocenters. The minimum atomic E-state index is -0.322. The molecule has 0 aliphatic carbocycles. The van der Waals surface area contributed by atoms with E-state index >= 15 is 0 Å². The number of halogens is 1. The number of nitrogens with one attached hydrogen (secondary N) is 2. The second-order valence-corrected chi connectivity index (χ2v) is 7.58. The summed E-state index contributed by atoms with van der Waals surface area (Å²) in [7, 11) is 0. The van der Waals surface area contributed by atoms with Gasteiger partial charge in [0.2, 0.25) is 5.91 Å². The number of carbonyl (C=O) groups excluding carboxylic acids is 2. The maximum atomic E-state index is 13.3. The summed E-state index contributed by atoms with van der Waals surface area (Å²) in [5.74, 6) is -0.258. The van der Waals surface area contributed by atoms with E-state index < -0.39 is 0 Å². The van der Waals surface area contributed by atoms with Crippen LogP contribution in [0.4, 0.5) is 15.8 Å². The van der Waals surface area contributed by atoms with E-state index in [2.05, 4.69) is 15.6 Å². The number of aryl methyl sites for hydroxylation is 1. The molecule has 1 aromatic heterocycles. The molecule has 0 bridgehead atoms. The topological polar surface area (TPSA) is 85.2 Å². The van der Waals surface area contributed by atoms with E-state index in [0.29, 0.717) is 34.8 Å². The van der Waals surface area contributed by atoms with Gasteiger partial charge < -0.3 is 19.9 Å². The Morgan fingerprint density at radius 1 is 0.941 bits per heavy atom. The fourth-order valence-corrected chi connectivity index (χ4v) is 3.27. The van der Waals surface area contributed by atoms with Crippen LogP contribution in [0.2, 0.25) is 0 Å². The third-order valence-corrected chi connectivity index (χ3v) is 4.95. The molecule has 2 amide bonds. The smallest absolute Gasteiger partial charge is 0.255 e. The molecule has 0 saturated heterocycles. The summed E-state index contributed by atoms with van der Waals surface area (Å²) >= 11 is 0. The van der Waals surface area contributed by atoms with E-state index in [1.807, 2.05) is 4.57 Å². The Bertz CT molecular complexity index is 1270. The van der Waals surface area contributed by atoms with Crippen molar-refractivity contribution in [1.82, 2.24) is 9.55 Å². The number of nitrogens with zero attached hydrogens (tertiary/aromatic N) is 2. The first-order valence-corrected chi connectivity index (χ1v) is 10.7. The summed E-state index contributed by atoms with van der Waals surface area (Å²) in [6, 6.07) is 19.9. The number of hydrogen-bond donors (Lipinski definition) is 2. The van der Waals surface area contributed by atoms with Crippen molar-refractivity contribution < 1.29 is 18.7 Å². The average Bonchev–Trinajstić information content (AvgIpc) is 3.36. The lowest BCUT2D eigenvalue weighted by atomic mass is 10.1. The molecule has 4 aromatic rings. The van der Waals surface area contributed by atoms with Crippen molar-refractivity contribution in [3.05, 3.63) is 108 Å². The number of ether oxygens (including phenoxy) is 1. The first kappa shape index (κ1) is 22.7. The fraction of sp³-hybridized carbons (Fsp3) is 0.115. The highest BCUT2D eigenvalue weighted by Gasteiger charge is 2.10. The quantitative estimate of drug-likeness (QED) is 0.374. The van der Waals surface area contributed by atoms with Gasteiger partial charge >= 0.3 is 0 Å². The minimum Gasteiger partial charge on any atom is -0.489 e. The van der Waals surface area contributed by atoms with E-state index in [1.54, 1.807) is 79.4 Å². The van der Waals surface area contributed by atoms with Crippen LogP contribution in [0.25, 0.3) is 0 Å². The van der Waals surface area contributed by atoms with Crippen molar-refractivity contribution in [2.75, 3.05) is 10.6 Å². The summed E-state index contributed by atoms with van der Waals surface area (Å²) in [4.78, 5) is 28.9. The van der Waals surface area contributed by atoms with Crippen molar-refractivity contribution in [2.45, 2.75) is 19.6 Å². The third-order valence-electron chi connectivity index (χ3n) is 4.95. The standard InChI is InChI=1S/C26H23FN4O3/c27-21-6-1-4-19(14-21)17-34-24-9-3-8-23(16-24)30-26(33)20-5-2-7-22(15-20)29-25(32)10-12-31-13-11-28-18-31/h1-9,11,13-16,18H,10,12,17H2,(H,29,32)(H,30,33). The summed E-state index contributed by atoms with van der Waals surface area (Å²) in [6.45, 7) is 0.724. The third kappa shape index (κ3) is 6.52. The largest absolute Gasteiger partial charge is 0.489 e. The molecule has 7 nitrogen and oxygen atoms in total. The van der Waals surface area contributed by atoms with Crippen LogP contribution in [0.3, 0.4) is 0 Å². The molecule has 0 fully saturated rings. The highest BCUT2D eigenvalue weighted by molar-refractivity contribution is 6.05. The van der Waals surface area contributed by atoms with E-state index in [4.69, 9.17) is 4.74 Å². The van der Waals surface area contributed by atoms with E-state index in [0.717, 1.165) is 0 Å². The van der Waals surface area contributed by atoms with Crippen LogP contribution in [0.15, 0.2) is 91.5 Å². The second-order valence-electron chi connectivity index (χ2n) is 7.58. The lowest BCUT2D eigenvalue weighted by molar-refractivity contribution is -0.116. The van der Waals surface area contributed by atoms with Gasteiger partial charge in [-0.15, -0.1) is 0 Å². The van der Waals surface area contributed by atoms with Gasteiger partial charge in [0.1, 0.15) is 18.2 Å². The maximum Gasteiger partial charge on any atom is 0.255 e. The maximum absolute atomic E-state index is 13.3. The molecule has 1 heterocycles. The Hall–Kier alpha value is -4.46. The molecule has 0 atom stereocenters. The number of hydrogen-bond acceptors (Lipinski definition) is 4. The Morgan fingerprint density at radius 3 is 2.53 bits per heavy atom. The van der Waals surface area contributed by atoms with Gasteiger partial charge in [-0.1, -0.05) is 24.3 Å². The number of aromatic nitrogens is 2. The van der Waals surface area contributed by atoms with E-state index in [9.17, 15) is 14.0 Å². The first-order valence-electron chi connectivity index (χ1n) is 10.7. The molecular formula is C26H23FN4O3. The van der Waals surface area contributed by atoms with Crippen molar-refractivity contribution in [2.24, 2.45) is 0 Å². The van der Waals surface area contributed by atoms with Crippen LogP contribution in [-0.2, 0) is 17.9 Å². The molecular weight excluding hydrogens is 435 g/mol. The lowest BCUT2D eigenvalue weighted by Crippen LogP contribution is -2.15. The predicted molar refractivity (Wildman–Crippen MR) is 127 cm³/mol. The first-order chi connectivity index (χ1) is 16.5. The fourth-order valence-electron chi connectivity index (χ4n) is 3.27. The molecule has 172 valence electrons. The van der Waals surface area contributed by atoms with Crippen molar-refractivity contribution in [3.8, 4) is 5.75 Å². The van der Waals surface area contributed by atoms with Gasteiger partial charge in [-0.25, -0.2) is 9.37 Å². The van der Waals surface area contributed by atoms with Gasteiger partial charge in [-0.05, 0) is 48.0 Å². The Balaban J connectivity index is 1.33. The zero-order chi connectivity index (χ0) is 23.8. The van der Waals surface area contributed by atoms with Crippen LogP contribution >= 0.6 is 0 Å². The van der Waals surface area contributed by atoms with Gasteiger partial charge in [0.05, 0.1) is 6.33 Å². The lowest BCUT2D eigenvalue weighted by Gasteiger charge is -2.11. The van der Waals surface area contributed by atoms with Crippen LogP contribution < -0.4 is 15.4 Å². The Labute approximate surface area is 196 Å². The van der Waals surface area contributed by atoms with Crippen LogP contribution in [0, 0.1) is 5.82 Å². The number of anilines is 2. The zero-order valence-electron chi connectivity index (χ0n) is 18.3. The van der Waals surface area contributed by atoms with Gasteiger partial charge in [0, 0.05) is 48.4 Å². The van der Waals surface area contributed by atoms with Crippen LogP contribution in [0.1, 0.15) is 22.3 Å². The monoisotopic (exact) mass is 458 g/mol. The Kier molecular flexibility index (Phi) is 7.29. The van der Waals surface area contributed by atoms with Crippen molar-refractivity contribution >= 4 is 23.2 Å². The normalized spacial score (nSPS) is 10.5. The molecule has 0 aliphatic rings. The van der Waals surface area contributed by atoms with Gasteiger partial charge in [0.25, 0.3) is 5.91 Å². The molecule has 34 heavy (non-hydrogen) atoms. The number of carbonyl (C=O) groups is 2. The summed E-state index contributed by atoms with van der Waals surface area (Å²) in [6.07, 6.45) is 5.39. The minimum absolute atomic E-state index is 0.158. The number of rotatable bonds is 9. The summed E-state index contributed by atoms with van der Waals surface area (Å²) in [5, 5.41) is 5.64. The van der Waals surface area contributed by atoms with E-state index in [-0.39, 0.29) is 30.7 Å². The highest BCUT2D eigenvalue weighted by Crippen LogP contribution is 2.20. The molecule has 3 aromatic carbocycles. The van der Waals surface area contributed by atoms with Crippen LogP contribution in [-0.4, -0.2) is 21.4 Å². The van der Waals surface area contributed by atoms with Crippen molar-refractivity contribution in [1.29, 1.82) is 0 Å². The zero-order valence-corrected chi connectivity index (χ0v) is 18.3. The molecule has 0 saturated carbocycles. The number of imidazole rings is 1. The molecule has 8 heteroatoms. The van der Waals surface area contributed by atoms with Gasteiger partial charge in [0.15, 0.2) is 0 Å². The average molecular weight is 458 g/mol. The van der Waals surface area contributed by atoms with E-state index in [1.165, 1.54) is 12.1 Å². The number of benzene rings is 3. The summed E-state index contributed by atoms with van der Waals surface area (Å²) in [5.41, 5.74) is 2.20. The molecule has 0 spiro atoms. The molecule has 0 aliphatic heterocycles. The number of amides is 2. The van der Waals surface area contributed by atoms with Gasteiger partial charge in [-0.2, -0.15) is 0 Å².